The lowest BCUT2D eigenvalue weighted by molar-refractivity contribution is 0.0285. The van der Waals surface area contributed by atoms with Crippen LogP contribution in [0.25, 0.3) is 11.2 Å². The molecule has 1 amide bonds. The third-order valence-corrected chi connectivity index (χ3v) is 4.36. The molecular weight excluding hydrogens is 294 g/mol. The van der Waals surface area contributed by atoms with E-state index in [2.05, 4.69) is 20.3 Å². The monoisotopic (exact) mass is 313 g/mol. The summed E-state index contributed by atoms with van der Waals surface area (Å²) in [7, 11) is 0. The van der Waals surface area contributed by atoms with Gasteiger partial charge in [0.15, 0.2) is 5.65 Å². The number of carbonyl (C=O) groups excluding carboxylic acids is 1. The normalized spacial score (nSPS) is 18.2. The summed E-state index contributed by atoms with van der Waals surface area (Å²) >= 11 is 0. The fraction of sp³-hybridized carbons (Fsp3) is 0.500. The molecule has 1 aliphatic rings. The van der Waals surface area contributed by atoms with Gasteiger partial charge in [-0.25, -0.2) is 9.97 Å². The summed E-state index contributed by atoms with van der Waals surface area (Å²) < 4.78 is 0. The summed E-state index contributed by atoms with van der Waals surface area (Å²) in [5, 5.41) is 21.7. The summed E-state index contributed by atoms with van der Waals surface area (Å²) in [4.78, 5) is 24.3. The Hall–Kier alpha value is -2.46. The van der Waals surface area contributed by atoms with Gasteiger partial charge in [0, 0.05) is 12.1 Å². The molecule has 2 atom stereocenters. The second kappa shape index (κ2) is 5.63. The molecule has 3 rings (SSSR count). The van der Waals surface area contributed by atoms with Crippen LogP contribution in [0.3, 0.4) is 0 Å². The van der Waals surface area contributed by atoms with E-state index < -0.39 is 11.6 Å². The number of fused-ring (bicyclic) bond motifs is 1. The number of aromatic amines is 1. The van der Waals surface area contributed by atoms with Crippen molar-refractivity contribution in [3.63, 3.8) is 0 Å². The van der Waals surface area contributed by atoms with Crippen LogP contribution in [0.2, 0.25) is 0 Å². The van der Waals surface area contributed by atoms with Crippen LogP contribution in [0.1, 0.15) is 55.1 Å². The van der Waals surface area contributed by atoms with E-state index in [9.17, 15) is 9.90 Å². The van der Waals surface area contributed by atoms with Crippen LogP contribution in [0.5, 0.6) is 0 Å². The van der Waals surface area contributed by atoms with E-state index in [4.69, 9.17) is 5.26 Å². The highest BCUT2D eigenvalue weighted by atomic mass is 16.3. The molecule has 0 bridgehead atoms. The zero-order valence-electron chi connectivity index (χ0n) is 13.1. The molecule has 1 saturated carbocycles. The Balaban J connectivity index is 1.83. The number of hydrogen-bond acceptors (Lipinski definition) is 5. The quantitative estimate of drug-likeness (QED) is 0.776. The highest BCUT2D eigenvalue weighted by Crippen LogP contribution is 2.39. The molecule has 7 heteroatoms. The Labute approximate surface area is 133 Å². The number of amides is 1. The highest BCUT2D eigenvalue weighted by molar-refractivity contribution is 6.04. The molecule has 0 aliphatic heterocycles. The number of H-pyrrole nitrogens is 1. The van der Waals surface area contributed by atoms with E-state index in [1.807, 2.05) is 6.07 Å². The molecule has 2 heterocycles. The minimum absolute atomic E-state index is 0.0615. The number of nitrogens with zero attached hydrogens (tertiary/aromatic N) is 3. The maximum atomic E-state index is 12.5. The topological polar surface area (TPSA) is 115 Å². The molecular formula is C16H19N5O2. The first-order valence-electron chi connectivity index (χ1n) is 7.66. The Kier molecular flexibility index (Phi) is 3.78. The maximum Gasteiger partial charge on any atom is 0.255 e. The predicted octanol–water partition coefficient (Wildman–Crippen LogP) is 1.62. The third-order valence-electron chi connectivity index (χ3n) is 4.36. The first-order chi connectivity index (χ1) is 10.9. The van der Waals surface area contributed by atoms with Crippen molar-refractivity contribution in [3.8, 4) is 6.07 Å². The fourth-order valence-corrected chi connectivity index (χ4v) is 2.40. The number of nitriles is 1. The van der Waals surface area contributed by atoms with E-state index in [1.54, 1.807) is 19.3 Å². The summed E-state index contributed by atoms with van der Waals surface area (Å²) in [6, 6.07) is 1.35. The van der Waals surface area contributed by atoms with Crippen LogP contribution in [0.4, 0.5) is 0 Å². The first kappa shape index (κ1) is 15.4. The molecule has 2 aromatic rings. The second-order valence-electron chi connectivity index (χ2n) is 6.36. The molecule has 1 aliphatic carbocycles. The van der Waals surface area contributed by atoms with Crippen LogP contribution >= 0.6 is 0 Å². The lowest BCUT2D eigenvalue weighted by Gasteiger charge is -2.28. The van der Waals surface area contributed by atoms with Crippen molar-refractivity contribution in [1.82, 2.24) is 20.3 Å². The molecule has 0 spiro atoms. The van der Waals surface area contributed by atoms with Crippen molar-refractivity contribution in [2.45, 2.75) is 50.7 Å². The van der Waals surface area contributed by atoms with Crippen molar-refractivity contribution in [1.29, 1.82) is 5.26 Å². The number of aromatic nitrogens is 3. The predicted molar refractivity (Wildman–Crippen MR) is 83.6 cm³/mol. The van der Waals surface area contributed by atoms with E-state index in [0.717, 1.165) is 18.5 Å². The standard InChI is InChI=1S/C16H19N5O2/c1-9(16(2,23)5-6-17)20-15(22)11-7-18-14-13(11)21-12(8-19-14)10-3-4-10/h7-10,23H,3-5H2,1-2H3,(H,18,19)(H,20,22)/t9-,16-/m1/s1. The van der Waals surface area contributed by atoms with Gasteiger partial charge in [0.25, 0.3) is 5.91 Å². The van der Waals surface area contributed by atoms with Crippen LogP contribution < -0.4 is 5.32 Å². The summed E-state index contributed by atoms with van der Waals surface area (Å²) in [6.07, 6.45) is 5.48. The molecule has 1 fully saturated rings. The largest absolute Gasteiger partial charge is 0.387 e. The van der Waals surface area contributed by atoms with Crippen LogP contribution in [-0.4, -0.2) is 37.6 Å². The number of carbonyl (C=O) groups is 1. The van der Waals surface area contributed by atoms with Gasteiger partial charge in [-0.3, -0.25) is 4.79 Å². The second-order valence-corrected chi connectivity index (χ2v) is 6.36. The lowest BCUT2D eigenvalue weighted by Crippen LogP contribution is -2.48. The number of hydrogen-bond donors (Lipinski definition) is 3. The Morgan fingerprint density at radius 2 is 2.39 bits per heavy atom. The lowest BCUT2D eigenvalue weighted by atomic mass is 9.94. The smallest absolute Gasteiger partial charge is 0.255 e. The first-order valence-corrected chi connectivity index (χ1v) is 7.66. The van der Waals surface area contributed by atoms with Crippen molar-refractivity contribution < 1.29 is 9.90 Å². The molecule has 0 unspecified atom stereocenters. The van der Waals surface area contributed by atoms with Gasteiger partial charge in [0.1, 0.15) is 5.52 Å². The maximum absolute atomic E-state index is 12.5. The molecule has 0 saturated heterocycles. The highest BCUT2D eigenvalue weighted by Gasteiger charge is 2.31. The molecule has 3 N–H and O–H groups in total. The van der Waals surface area contributed by atoms with Crippen LogP contribution in [-0.2, 0) is 0 Å². The van der Waals surface area contributed by atoms with Crippen molar-refractivity contribution in [2.24, 2.45) is 0 Å². The molecule has 2 aromatic heterocycles. The minimum Gasteiger partial charge on any atom is -0.387 e. The van der Waals surface area contributed by atoms with Crippen molar-refractivity contribution >= 4 is 17.1 Å². The molecule has 23 heavy (non-hydrogen) atoms. The van der Waals surface area contributed by atoms with Crippen molar-refractivity contribution in [2.75, 3.05) is 0 Å². The van der Waals surface area contributed by atoms with Crippen molar-refractivity contribution in [3.05, 3.63) is 23.7 Å². The number of nitrogens with one attached hydrogen (secondary N) is 2. The van der Waals surface area contributed by atoms with E-state index >= 15 is 0 Å². The summed E-state index contributed by atoms with van der Waals surface area (Å²) in [6.45, 7) is 3.20. The Bertz CT molecular complexity index is 785. The minimum atomic E-state index is -1.29. The van der Waals surface area contributed by atoms with Gasteiger partial charge in [-0.2, -0.15) is 5.26 Å². The van der Waals surface area contributed by atoms with Gasteiger partial charge in [-0.1, -0.05) is 0 Å². The van der Waals surface area contributed by atoms with Gasteiger partial charge in [0.2, 0.25) is 0 Å². The Morgan fingerprint density at radius 1 is 1.65 bits per heavy atom. The fourth-order valence-electron chi connectivity index (χ4n) is 2.40. The zero-order chi connectivity index (χ0) is 16.6. The van der Waals surface area contributed by atoms with E-state index in [-0.39, 0.29) is 12.3 Å². The molecule has 120 valence electrons. The number of rotatable bonds is 5. The van der Waals surface area contributed by atoms with Gasteiger partial charge >= 0.3 is 0 Å². The van der Waals surface area contributed by atoms with Gasteiger partial charge < -0.3 is 15.4 Å². The van der Waals surface area contributed by atoms with Gasteiger partial charge in [0.05, 0.1) is 41.6 Å². The molecule has 0 aromatic carbocycles. The summed E-state index contributed by atoms with van der Waals surface area (Å²) in [5.41, 5.74) is 1.13. The summed E-state index contributed by atoms with van der Waals surface area (Å²) in [5.74, 6) is 0.109. The zero-order valence-corrected chi connectivity index (χ0v) is 13.1. The number of aliphatic hydroxyl groups is 1. The third kappa shape index (κ3) is 3.03. The average molecular weight is 313 g/mol. The average Bonchev–Trinajstić information content (AvgIpc) is 3.26. The molecule has 7 nitrogen and oxygen atoms in total. The van der Waals surface area contributed by atoms with Crippen LogP contribution in [0.15, 0.2) is 12.4 Å². The van der Waals surface area contributed by atoms with E-state index in [0.29, 0.717) is 22.6 Å². The van der Waals surface area contributed by atoms with Gasteiger partial charge in [-0.15, -0.1) is 0 Å². The van der Waals surface area contributed by atoms with Crippen LogP contribution in [0, 0.1) is 11.3 Å². The molecule has 0 radical (unpaired) electrons. The van der Waals surface area contributed by atoms with E-state index in [1.165, 1.54) is 6.92 Å². The Morgan fingerprint density at radius 3 is 3.04 bits per heavy atom. The SMILES string of the molecule is C[C@@H](NC(=O)c1c[nH]c2ncc(C3CC3)nc12)[C@](C)(O)CC#N. The van der Waals surface area contributed by atoms with Gasteiger partial charge in [-0.05, 0) is 26.7 Å².